The lowest BCUT2D eigenvalue weighted by molar-refractivity contribution is 0.564. The summed E-state index contributed by atoms with van der Waals surface area (Å²) in [5.41, 5.74) is 3.01. The van der Waals surface area contributed by atoms with Gasteiger partial charge in [-0.05, 0) is 56.7 Å². The summed E-state index contributed by atoms with van der Waals surface area (Å²) in [6.07, 6.45) is 2.89. The van der Waals surface area contributed by atoms with Crippen LogP contribution in [0.5, 0.6) is 0 Å². The Hall–Kier alpha value is -4.05. The molecule has 4 aromatic rings. The number of pyridine rings is 2. The molecule has 0 radical (unpaired) electrons. The number of anilines is 1. The summed E-state index contributed by atoms with van der Waals surface area (Å²) in [7, 11) is 0. The van der Waals surface area contributed by atoms with Crippen molar-refractivity contribution in [2.75, 3.05) is 5.32 Å². The summed E-state index contributed by atoms with van der Waals surface area (Å²) < 4.78 is 20.5. The first-order valence-corrected chi connectivity index (χ1v) is 9.71. The molecular weight excluding hydrogens is 395 g/mol. The van der Waals surface area contributed by atoms with Crippen LogP contribution in [0.3, 0.4) is 0 Å². The highest BCUT2D eigenvalue weighted by molar-refractivity contribution is 5.84. The van der Waals surface area contributed by atoms with Gasteiger partial charge in [0.2, 0.25) is 5.95 Å². The van der Waals surface area contributed by atoms with Gasteiger partial charge in [-0.3, -0.25) is 4.79 Å². The molecule has 0 saturated carbocycles. The van der Waals surface area contributed by atoms with Crippen molar-refractivity contribution in [2.24, 2.45) is 0 Å². The van der Waals surface area contributed by atoms with E-state index in [1.54, 1.807) is 37.4 Å². The Bertz CT molecular complexity index is 1410. The molecule has 1 N–H and O–H groups in total. The second kappa shape index (κ2) is 8.00. The average molecular weight is 414 g/mol. The molecule has 0 amide bonds. The number of hydrogen-bond donors (Lipinski definition) is 1. The highest BCUT2D eigenvalue weighted by Crippen LogP contribution is 2.32. The average Bonchev–Trinajstić information content (AvgIpc) is 2.77. The second-order valence-electron chi connectivity index (χ2n) is 7.34. The molecule has 154 valence electrons. The number of rotatable bonds is 4. The third kappa shape index (κ3) is 3.64. The standard InChI is InChI=1S/C24H19FN4O2/c1-13-10-17(15(3)29-19-7-5-8-27-20(19)12-26)23-18(11-13)21(30)14(2)22(31-23)16-6-4-9-28-24(16)25/h4-11,15,29H,1-3H3/t15-/m1/s1. The van der Waals surface area contributed by atoms with E-state index in [9.17, 15) is 14.4 Å². The molecule has 3 heterocycles. The summed E-state index contributed by atoms with van der Waals surface area (Å²) in [5, 5.41) is 13.0. The first kappa shape index (κ1) is 20.2. The number of benzene rings is 1. The molecule has 0 spiro atoms. The van der Waals surface area contributed by atoms with Crippen molar-refractivity contribution in [3.8, 4) is 17.4 Å². The van der Waals surface area contributed by atoms with E-state index in [1.165, 1.54) is 12.3 Å². The van der Waals surface area contributed by atoms with Crippen LogP contribution in [-0.2, 0) is 0 Å². The molecule has 4 rings (SSSR count). The number of nitrogens with zero attached hydrogens (tertiary/aromatic N) is 3. The molecule has 0 bridgehead atoms. The summed E-state index contributed by atoms with van der Waals surface area (Å²) in [6.45, 7) is 5.40. The maximum absolute atomic E-state index is 14.4. The minimum Gasteiger partial charge on any atom is -0.455 e. The SMILES string of the molecule is Cc1cc([C@@H](C)Nc2cccnc2C#N)c2oc(-c3cccnc3F)c(C)c(=O)c2c1. The van der Waals surface area contributed by atoms with Gasteiger partial charge in [0.15, 0.2) is 11.1 Å². The Morgan fingerprint density at radius 3 is 2.65 bits per heavy atom. The Balaban J connectivity index is 1.92. The minimum atomic E-state index is -0.707. The van der Waals surface area contributed by atoms with Crippen molar-refractivity contribution in [1.29, 1.82) is 5.26 Å². The van der Waals surface area contributed by atoms with Crippen molar-refractivity contribution in [2.45, 2.75) is 26.8 Å². The van der Waals surface area contributed by atoms with E-state index in [0.717, 1.165) is 5.56 Å². The third-order valence-corrected chi connectivity index (χ3v) is 5.15. The predicted molar refractivity (Wildman–Crippen MR) is 116 cm³/mol. The molecular formula is C24H19FN4O2. The van der Waals surface area contributed by atoms with Crippen LogP contribution in [0.1, 0.15) is 35.3 Å². The highest BCUT2D eigenvalue weighted by Gasteiger charge is 2.21. The summed E-state index contributed by atoms with van der Waals surface area (Å²) in [5.74, 6) is -0.554. The van der Waals surface area contributed by atoms with E-state index < -0.39 is 5.95 Å². The van der Waals surface area contributed by atoms with E-state index in [0.29, 0.717) is 27.8 Å². The van der Waals surface area contributed by atoms with Crippen molar-refractivity contribution in [1.82, 2.24) is 9.97 Å². The van der Waals surface area contributed by atoms with Gasteiger partial charge in [-0.25, -0.2) is 9.97 Å². The maximum Gasteiger partial charge on any atom is 0.223 e. The molecule has 0 aliphatic carbocycles. The Morgan fingerprint density at radius 2 is 1.90 bits per heavy atom. The molecule has 0 unspecified atom stereocenters. The normalized spacial score (nSPS) is 11.8. The van der Waals surface area contributed by atoms with Crippen LogP contribution >= 0.6 is 0 Å². The first-order valence-electron chi connectivity index (χ1n) is 9.71. The maximum atomic E-state index is 14.4. The largest absolute Gasteiger partial charge is 0.455 e. The molecule has 0 saturated heterocycles. The third-order valence-electron chi connectivity index (χ3n) is 5.15. The van der Waals surface area contributed by atoms with Gasteiger partial charge >= 0.3 is 0 Å². The smallest absolute Gasteiger partial charge is 0.223 e. The number of nitrogens with one attached hydrogen (secondary N) is 1. The van der Waals surface area contributed by atoms with Gasteiger partial charge in [-0.15, -0.1) is 0 Å². The zero-order chi connectivity index (χ0) is 22.1. The van der Waals surface area contributed by atoms with Crippen molar-refractivity contribution >= 4 is 16.7 Å². The summed E-state index contributed by atoms with van der Waals surface area (Å²) >= 11 is 0. The number of fused-ring (bicyclic) bond motifs is 1. The molecule has 0 fully saturated rings. The predicted octanol–water partition coefficient (Wildman–Crippen LogP) is 5.05. The molecule has 0 aliphatic heterocycles. The topological polar surface area (TPSA) is 91.8 Å². The van der Waals surface area contributed by atoms with Gasteiger partial charge in [-0.1, -0.05) is 6.07 Å². The fourth-order valence-corrected chi connectivity index (χ4v) is 3.62. The number of halogens is 1. The van der Waals surface area contributed by atoms with E-state index in [2.05, 4.69) is 21.4 Å². The quantitative estimate of drug-likeness (QED) is 0.470. The van der Waals surface area contributed by atoms with Crippen molar-refractivity contribution in [3.63, 3.8) is 0 Å². The molecule has 3 aromatic heterocycles. The van der Waals surface area contributed by atoms with Crippen molar-refractivity contribution in [3.05, 3.63) is 87.3 Å². The molecule has 31 heavy (non-hydrogen) atoms. The number of aromatic nitrogens is 2. The van der Waals surface area contributed by atoms with Crippen LogP contribution in [-0.4, -0.2) is 9.97 Å². The molecule has 7 heteroatoms. The van der Waals surface area contributed by atoms with Gasteiger partial charge in [0, 0.05) is 23.5 Å². The zero-order valence-corrected chi connectivity index (χ0v) is 17.2. The fourth-order valence-electron chi connectivity index (χ4n) is 3.62. The lowest BCUT2D eigenvalue weighted by atomic mass is 9.99. The van der Waals surface area contributed by atoms with E-state index >= 15 is 0 Å². The van der Waals surface area contributed by atoms with Crippen LogP contribution in [0.15, 0.2) is 58.0 Å². The fraction of sp³-hybridized carbons (Fsp3) is 0.167. The van der Waals surface area contributed by atoms with Gasteiger partial charge in [-0.2, -0.15) is 9.65 Å². The lowest BCUT2D eigenvalue weighted by Crippen LogP contribution is -2.13. The highest BCUT2D eigenvalue weighted by atomic mass is 19.1. The Morgan fingerprint density at radius 1 is 1.16 bits per heavy atom. The molecule has 6 nitrogen and oxygen atoms in total. The zero-order valence-electron chi connectivity index (χ0n) is 17.2. The second-order valence-corrected chi connectivity index (χ2v) is 7.34. The van der Waals surface area contributed by atoms with Gasteiger partial charge < -0.3 is 9.73 Å². The van der Waals surface area contributed by atoms with Crippen molar-refractivity contribution < 1.29 is 8.81 Å². The van der Waals surface area contributed by atoms with Crippen LogP contribution in [0.25, 0.3) is 22.3 Å². The van der Waals surface area contributed by atoms with Crippen LogP contribution < -0.4 is 10.7 Å². The monoisotopic (exact) mass is 414 g/mol. The lowest BCUT2D eigenvalue weighted by Gasteiger charge is -2.19. The molecule has 1 atom stereocenters. The van der Waals surface area contributed by atoms with Crippen LogP contribution in [0.2, 0.25) is 0 Å². The first-order chi connectivity index (χ1) is 14.9. The minimum absolute atomic E-state index is 0.130. The van der Waals surface area contributed by atoms with Crippen LogP contribution in [0, 0.1) is 31.1 Å². The molecule has 1 aromatic carbocycles. The van der Waals surface area contributed by atoms with E-state index in [1.807, 2.05) is 19.9 Å². The Kier molecular flexibility index (Phi) is 5.22. The van der Waals surface area contributed by atoms with E-state index in [-0.39, 0.29) is 28.5 Å². The van der Waals surface area contributed by atoms with Gasteiger partial charge in [0.05, 0.1) is 22.7 Å². The van der Waals surface area contributed by atoms with Crippen LogP contribution in [0.4, 0.5) is 10.1 Å². The van der Waals surface area contributed by atoms with Gasteiger partial charge in [0.1, 0.15) is 17.4 Å². The molecule has 0 aliphatic rings. The summed E-state index contributed by atoms with van der Waals surface area (Å²) in [4.78, 5) is 20.9. The summed E-state index contributed by atoms with van der Waals surface area (Å²) in [6, 6.07) is 12.0. The number of aryl methyl sites for hydroxylation is 1. The number of hydrogen-bond acceptors (Lipinski definition) is 6. The van der Waals surface area contributed by atoms with E-state index in [4.69, 9.17) is 4.42 Å². The van der Waals surface area contributed by atoms with Gasteiger partial charge in [0.25, 0.3) is 0 Å². The Labute approximate surface area is 178 Å². The number of nitriles is 1.